The van der Waals surface area contributed by atoms with Crippen LogP contribution in [0.5, 0.6) is 0 Å². The molecule has 0 unspecified atom stereocenters. The van der Waals surface area contributed by atoms with Crippen molar-refractivity contribution in [3.05, 3.63) is 22.2 Å². The number of H-pyrrole nitrogens is 1. The minimum atomic E-state index is -0.265. The van der Waals surface area contributed by atoms with Crippen molar-refractivity contribution in [2.75, 3.05) is 6.61 Å². The highest BCUT2D eigenvalue weighted by Crippen LogP contribution is 1.91. The Morgan fingerprint density at radius 1 is 1.78 bits per heavy atom. The molecule has 1 rings (SSSR count). The molecule has 1 aromatic heterocycles. The summed E-state index contributed by atoms with van der Waals surface area (Å²) in [6.45, 7) is 0.000787. The number of hydrogen-bond acceptors (Lipinski definition) is 3. The summed E-state index contributed by atoms with van der Waals surface area (Å²) in [4.78, 5) is 10.3. The van der Waals surface area contributed by atoms with E-state index in [2.05, 4.69) is 9.68 Å². The van der Waals surface area contributed by atoms with Gasteiger partial charge in [0, 0.05) is 12.5 Å². The minimum absolute atomic E-state index is 0.000787. The van der Waals surface area contributed by atoms with Crippen LogP contribution in [0, 0.1) is 0 Å². The fraction of sp³-hybridized carbons (Fsp3) is 0.400. The van der Waals surface area contributed by atoms with Gasteiger partial charge in [-0.05, 0) is 0 Å². The number of aromatic nitrogens is 1. The predicted octanol–water partition coefficient (Wildman–Crippen LogP) is -0.497. The highest BCUT2D eigenvalue weighted by atomic mass is 16.5. The fourth-order valence-corrected chi connectivity index (χ4v) is 0.554. The van der Waals surface area contributed by atoms with Crippen molar-refractivity contribution in [1.82, 2.24) is 5.16 Å². The first-order valence-corrected chi connectivity index (χ1v) is 2.61. The van der Waals surface area contributed by atoms with E-state index < -0.39 is 0 Å². The van der Waals surface area contributed by atoms with E-state index in [4.69, 9.17) is 5.11 Å². The normalized spacial score (nSPS) is 9.89. The summed E-state index contributed by atoms with van der Waals surface area (Å²) in [5.41, 5.74) is -0.265. The van der Waals surface area contributed by atoms with Crippen molar-refractivity contribution < 1.29 is 9.63 Å². The van der Waals surface area contributed by atoms with Crippen LogP contribution in [0.2, 0.25) is 0 Å². The van der Waals surface area contributed by atoms with Crippen molar-refractivity contribution in [3.63, 3.8) is 0 Å². The van der Waals surface area contributed by atoms with Crippen LogP contribution in [0.15, 0.2) is 15.4 Å². The lowest BCUT2D eigenvalue weighted by Crippen LogP contribution is -1.93. The molecule has 0 atom stereocenters. The van der Waals surface area contributed by atoms with Gasteiger partial charge in [-0.15, -0.1) is 0 Å². The van der Waals surface area contributed by atoms with Gasteiger partial charge in [0.15, 0.2) is 0 Å². The van der Waals surface area contributed by atoms with Gasteiger partial charge in [-0.25, -0.2) is 0 Å². The van der Waals surface area contributed by atoms with Crippen LogP contribution in [-0.4, -0.2) is 16.9 Å². The third kappa shape index (κ3) is 1.43. The Bertz CT molecular complexity index is 224. The molecule has 0 amide bonds. The molecule has 0 aliphatic carbocycles. The lowest BCUT2D eigenvalue weighted by atomic mass is 10.3. The predicted molar refractivity (Wildman–Crippen MR) is 30.1 cm³/mol. The Kier molecular flexibility index (Phi) is 1.69. The molecule has 0 bridgehead atoms. The number of aliphatic hydroxyl groups is 1. The lowest BCUT2D eigenvalue weighted by molar-refractivity contribution is 0.277. The number of rotatable bonds is 2. The summed E-state index contributed by atoms with van der Waals surface area (Å²) in [5.74, 6) is 0.488. The molecule has 0 aliphatic heterocycles. The summed E-state index contributed by atoms with van der Waals surface area (Å²) >= 11 is 0. The third-order valence-corrected chi connectivity index (χ3v) is 0.933. The molecule has 0 fully saturated rings. The van der Waals surface area contributed by atoms with Crippen molar-refractivity contribution in [2.45, 2.75) is 6.42 Å². The van der Waals surface area contributed by atoms with Gasteiger partial charge in [-0.1, -0.05) is 0 Å². The quantitative estimate of drug-likeness (QED) is 0.565. The zero-order valence-electron chi connectivity index (χ0n) is 4.76. The first-order valence-electron chi connectivity index (χ1n) is 2.61. The molecule has 0 saturated heterocycles. The second-order valence-corrected chi connectivity index (χ2v) is 1.65. The molecule has 9 heavy (non-hydrogen) atoms. The molecule has 1 heterocycles. The van der Waals surface area contributed by atoms with Crippen molar-refractivity contribution in [1.29, 1.82) is 0 Å². The van der Waals surface area contributed by atoms with Crippen LogP contribution in [0.1, 0.15) is 5.76 Å². The summed E-state index contributed by atoms with van der Waals surface area (Å²) in [7, 11) is 0. The molecule has 2 N–H and O–H groups in total. The molecule has 0 saturated carbocycles. The van der Waals surface area contributed by atoms with Crippen LogP contribution < -0.4 is 5.56 Å². The van der Waals surface area contributed by atoms with Crippen LogP contribution in [-0.2, 0) is 6.42 Å². The highest BCUT2D eigenvalue weighted by molar-refractivity contribution is 4.92. The Morgan fingerprint density at radius 2 is 2.56 bits per heavy atom. The number of aromatic amines is 1. The zero-order valence-corrected chi connectivity index (χ0v) is 4.76. The molecule has 4 heteroatoms. The van der Waals surface area contributed by atoms with E-state index in [1.54, 1.807) is 0 Å². The van der Waals surface area contributed by atoms with E-state index in [-0.39, 0.29) is 12.2 Å². The molecule has 1 aromatic rings. The van der Waals surface area contributed by atoms with Gasteiger partial charge >= 0.3 is 0 Å². The van der Waals surface area contributed by atoms with E-state index >= 15 is 0 Å². The SMILES string of the molecule is O=c1cc(CCO)o[nH]1. The summed E-state index contributed by atoms with van der Waals surface area (Å²) < 4.78 is 4.61. The standard InChI is InChI=1S/C5H7NO3/c7-2-1-4-3-5(8)6-9-4/h3,7H,1-2H2,(H,6,8). The maximum absolute atomic E-state index is 10.3. The minimum Gasteiger partial charge on any atom is -0.396 e. The van der Waals surface area contributed by atoms with Crippen molar-refractivity contribution >= 4 is 0 Å². The van der Waals surface area contributed by atoms with Crippen LogP contribution in [0.25, 0.3) is 0 Å². The second-order valence-electron chi connectivity index (χ2n) is 1.65. The van der Waals surface area contributed by atoms with E-state index in [1.807, 2.05) is 0 Å². The Balaban J connectivity index is 2.73. The summed E-state index contributed by atoms with van der Waals surface area (Å²) in [6.07, 6.45) is 0.388. The maximum Gasteiger partial charge on any atom is 0.280 e. The molecular weight excluding hydrogens is 122 g/mol. The molecule has 0 spiro atoms. The third-order valence-electron chi connectivity index (χ3n) is 0.933. The van der Waals surface area contributed by atoms with Crippen LogP contribution in [0.4, 0.5) is 0 Å². The maximum atomic E-state index is 10.3. The van der Waals surface area contributed by atoms with Crippen molar-refractivity contribution in [3.8, 4) is 0 Å². The Hall–Kier alpha value is -1.03. The van der Waals surface area contributed by atoms with Gasteiger partial charge in [-0.2, -0.15) is 5.16 Å². The van der Waals surface area contributed by atoms with Gasteiger partial charge in [0.05, 0.1) is 6.61 Å². The monoisotopic (exact) mass is 129 g/mol. The van der Waals surface area contributed by atoms with Gasteiger partial charge < -0.3 is 9.63 Å². The van der Waals surface area contributed by atoms with Crippen LogP contribution in [0.3, 0.4) is 0 Å². The summed E-state index contributed by atoms with van der Waals surface area (Å²) in [5, 5.41) is 10.5. The van der Waals surface area contributed by atoms with E-state index in [0.717, 1.165) is 0 Å². The first kappa shape index (κ1) is 6.10. The van der Waals surface area contributed by atoms with E-state index in [0.29, 0.717) is 12.2 Å². The smallest absolute Gasteiger partial charge is 0.280 e. The molecule has 0 radical (unpaired) electrons. The average Bonchev–Trinajstić information content (AvgIpc) is 2.17. The number of hydrogen-bond donors (Lipinski definition) is 2. The largest absolute Gasteiger partial charge is 0.396 e. The zero-order chi connectivity index (χ0) is 6.69. The highest BCUT2D eigenvalue weighted by Gasteiger charge is 1.95. The lowest BCUT2D eigenvalue weighted by Gasteiger charge is -1.83. The van der Waals surface area contributed by atoms with Gasteiger partial charge in [0.2, 0.25) is 0 Å². The van der Waals surface area contributed by atoms with Crippen molar-refractivity contribution in [2.24, 2.45) is 0 Å². The van der Waals surface area contributed by atoms with Gasteiger partial charge in [0.25, 0.3) is 5.56 Å². The van der Waals surface area contributed by atoms with Crippen LogP contribution >= 0.6 is 0 Å². The number of aliphatic hydroxyl groups excluding tert-OH is 1. The van der Waals surface area contributed by atoms with E-state index in [9.17, 15) is 4.79 Å². The average molecular weight is 129 g/mol. The molecule has 0 aromatic carbocycles. The topological polar surface area (TPSA) is 66.2 Å². The number of nitrogens with one attached hydrogen (secondary N) is 1. The molecule has 0 aliphatic rings. The van der Waals surface area contributed by atoms with Gasteiger partial charge in [0.1, 0.15) is 5.76 Å². The second kappa shape index (κ2) is 2.50. The Morgan fingerprint density at radius 3 is 3.00 bits per heavy atom. The van der Waals surface area contributed by atoms with Gasteiger partial charge in [-0.3, -0.25) is 4.79 Å². The summed E-state index contributed by atoms with van der Waals surface area (Å²) in [6, 6.07) is 1.32. The Labute approximate surface area is 51.1 Å². The fourth-order valence-electron chi connectivity index (χ4n) is 0.554. The molecule has 50 valence electrons. The molecule has 4 nitrogen and oxygen atoms in total. The first-order chi connectivity index (χ1) is 4.33. The van der Waals surface area contributed by atoms with E-state index in [1.165, 1.54) is 6.07 Å². The molecular formula is C5H7NO3.